The van der Waals surface area contributed by atoms with Gasteiger partial charge in [0.15, 0.2) is 0 Å². The van der Waals surface area contributed by atoms with Gasteiger partial charge in [0, 0.05) is 24.6 Å². The zero-order valence-corrected chi connectivity index (χ0v) is 18.8. The first-order valence-electron chi connectivity index (χ1n) is 11.6. The standard InChI is InChI=1S/C23H28N2O2.C2HF3O2/c26-22(24-19-5-6-19)13-18-14-23(21-4-2-1-3-20(18)21)8-10-25(11-9-23)15-17-7-12-27-16-17;3-2(4,5)1(6)7/h1-4,7,12,16,18-19H,5-6,8-11,13-15H2,(H,24,26);(H,6,7). The van der Waals surface area contributed by atoms with E-state index in [4.69, 9.17) is 14.3 Å². The van der Waals surface area contributed by atoms with Gasteiger partial charge in [-0.15, -0.1) is 0 Å². The summed E-state index contributed by atoms with van der Waals surface area (Å²) in [5, 5.41) is 10.3. The highest BCUT2D eigenvalue weighted by atomic mass is 19.4. The fourth-order valence-corrected chi connectivity index (χ4v) is 5.20. The Morgan fingerprint density at radius 3 is 2.41 bits per heavy atom. The van der Waals surface area contributed by atoms with E-state index < -0.39 is 12.1 Å². The summed E-state index contributed by atoms with van der Waals surface area (Å²) in [6.45, 7) is 3.20. The Morgan fingerprint density at radius 2 is 1.82 bits per heavy atom. The van der Waals surface area contributed by atoms with Gasteiger partial charge < -0.3 is 14.8 Å². The van der Waals surface area contributed by atoms with Crippen LogP contribution in [-0.4, -0.2) is 47.2 Å². The molecule has 1 spiro atoms. The predicted octanol–water partition coefficient (Wildman–Crippen LogP) is 4.60. The average Bonchev–Trinajstić information content (AvgIpc) is 3.35. The first-order valence-corrected chi connectivity index (χ1v) is 11.6. The van der Waals surface area contributed by atoms with E-state index in [-0.39, 0.29) is 11.3 Å². The maximum Gasteiger partial charge on any atom is 0.490 e. The summed E-state index contributed by atoms with van der Waals surface area (Å²) < 4.78 is 37.0. The number of carbonyl (C=O) groups excluding carboxylic acids is 1. The number of hydrogen-bond donors (Lipinski definition) is 2. The summed E-state index contributed by atoms with van der Waals surface area (Å²) in [6.07, 6.45) is 4.98. The number of carbonyl (C=O) groups is 2. The van der Waals surface area contributed by atoms with Crippen LogP contribution in [0, 0.1) is 0 Å². The van der Waals surface area contributed by atoms with Crippen molar-refractivity contribution in [3.05, 3.63) is 59.5 Å². The molecule has 1 unspecified atom stereocenters. The van der Waals surface area contributed by atoms with Gasteiger partial charge in [0.05, 0.1) is 12.5 Å². The van der Waals surface area contributed by atoms with Crippen molar-refractivity contribution in [1.82, 2.24) is 10.2 Å². The lowest BCUT2D eigenvalue weighted by molar-refractivity contribution is -0.192. The number of carboxylic acid groups (broad SMARTS) is 1. The lowest BCUT2D eigenvalue weighted by atomic mass is 9.73. The quantitative estimate of drug-likeness (QED) is 0.656. The number of benzene rings is 1. The minimum absolute atomic E-state index is 0.242. The van der Waals surface area contributed by atoms with E-state index in [2.05, 4.69) is 40.5 Å². The van der Waals surface area contributed by atoms with Crippen molar-refractivity contribution in [3.63, 3.8) is 0 Å². The van der Waals surface area contributed by atoms with Crippen molar-refractivity contribution < 1.29 is 32.3 Å². The normalized spacial score (nSPS) is 21.4. The van der Waals surface area contributed by atoms with Gasteiger partial charge in [0.2, 0.25) is 5.91 Å². The fourth-order valence-electron chi connectivity index (χ4n) is 5.20. The second kappa shape index (κ2) is 9.82. The Morgan fingerprint density at radius 1 is 1.15 bits per heavy atom. The van der Waals surface area contributed by atoms with Crippen LogP contribution in [0.1, 0.15) is 61.1 Å². The first kappa shape index (κ1) is 24.3. The second-order valence-electron chi connectivity index (χ2n) is 9.53. The minimum Gasteiger partial charge on any atom is -0.475 e. The van der Waals surface area contributed by atoms with E-state index in [9.17, 15) is 18.0 Å². The Balaban J connectivity index is 0.000000344. The number of likely N-dealkylation sites (tertiary alicyclic amines) is 1. The molecule has 1 atom stereocenters. The molecule has 184 valence electrons. The van der Waals surface area contributed by atoms with E-state index >= 15 is 0 Å². The van der Waals surface area contributed by atoms with Gasteiger partial charge in [0.1, 0.15) is 0 Å². The Hall–Kier alpha value is -2.81. The van der Waals surface area contributed by atoms with Gasteiger partial charge in [-0.1, -0.05) is 24.3 Å². The number of carboxylic acids is 1. The zero-order valence-electron chi connectivity index (χ0n) is 18.8. The molecule has 2 heterocycles. The molecule has 1 saturated heterocycles. The van der Waals surface area contributed by atoms with Gasteiger partial charge in [-0.2, -0.15) is 13.2 Å². The zero-order chi connectivity index (χ0) is 24.3. The van der Waals surface area contributed by atoms with E-state index in [1.807, 2.05) is 6.26 Å². The summed E-state index contributed by atoms with van der Waals surface area (Å²) in [4.78, 5) is 23.9. The topological polar surface area (TPSA) is 82.8 Å². The van der Waals surface area contributed by atoms with Crippen LogP contribution >= 0.6 is 0 Å². The number of rotatable bonds is 5. The fraction of sp³-hybridized carbons (Fsp3) is 0.520. The SMILES string of the molecule is O=C(CC1CC2(CCN(Cc3ccoc3)CC2)c2ccccc21)NC1CC1.O=C(O)C(F)(F)F. The number of fused-ring (bicyclic) bond motifs is 2. The highest BCUT2D eigenvalue weighted by Crippen LogP contribution is 2.52. The number of hydrogen-bond acceptors (Lipinski definition) is 4. The maximum absolute atomic E-state index is 12.4. The van der Waals surface area contributed by atoms with Gasteiger partial charge in [-0.05, 0) is 73.7 Å². The molecule has 5 rings (SSSR count). The molecule has 2 fully saturated rings. The Bertz CT molecular complexity index is 994. The Labute approximate surface area is 196 Å². The molecular formula is C25H29F3N2O4. The van der Waals surface area contributed by atoms with Crippen molar-refractivity contribution in [2.24, 2.45) is 0 Å². The van der Waals surface area contributed by atoms with Crippen LogP contribution in [0.4, 0.5) is 13.2 Å². The molecule has 1 saturated carbocycles. The van der Waals surface area contributed by atoms with E-state index in [1.54, 1.807) is 6.26 Å². The number of amides is 1. The highest BCUT2D eigenvalue weighted by Gasteiger charge is 2.45. The van der Waals surface area contributed by atoms with Crippen LogP contribution in [0.15, 0.2) is 47.3 Å². The predicted molar refractivity (Wildman–Crippen MR) is 118 cm³/mol. The molecule has 1 aliphatic heterocycles. The third kappa shape index (κ3) is 5.81. The molecule has 2 aromatic rings. The van der Waals surface area contributed by atoms with Gasteiger partial charge in [0.25, 0.3) is 0 Å². The molecule has 3 aliphatic rings. The first-order chi connectivity index (χ1) is 16.2. The van der Waals surface area contributed by atoms with Crippen molar-refractivity contribution in [1.29, 1.82) is 0 Å². The molecule has 1 amide bonds. The number of nitrogens with one attached hydrogen (secondary N) is 1. The number of furan rings is 1. The van der Waals surface area contributed by atoms with Crippen LogP contribution in [0.25, 0.3) is 0 Å². The largest absolute Gasteiger partial charge is 0.490 e. The van der Waals surface area contributed by atoms with E-state index in [0.29, 0.717) is 18.4 Å². The number of halogens is 3. The molecule has 2 aliphatic carbocycles. The van der Waals surface area contributed by atoms with Crippen molar-refractivity contribution in [3.8, 4) is 0 Å². The minimum atomic E-state index is -5.08. The molecule has 9 heteroatoms. The second-order valence-corrected chi connectivity index (χ2v) is 9.53. The number of nitrogens with zero attached hydrogens (tertiary/aromatic N) is 1. The molecular weight excluding hydrogens is 449 g/mol. The molecule has 34 heavy (non-hydrogen) atoms. The summed E-state index contributed by atoms with van der Waals surface area (Å²) in [5.74, 6) is -2.14. The molecule has 1 aromatic carbocycles. The maximum atomic E-state index is 12.4. The lowest BCUT2D eigenvalue weighted by Gasteiger charge is -2.40. The van der Waals surface area contributed by atoms with Crippen LogP contribution in [0.3, 0.4) is 0 Å². The summed E-state index contributed by atoms with van der Waals surface area (Å²) >= 11 is 0. The van der Waals surface area contributed by atoms with Crippen LogP contribution in [-0.2, 0) is 21.5 Å². The van der Waals surface area contributed by atoms with Gasteiger partial charge >= 0.3 is 12.1 Å². The number of alkyl halides is 3. The average molecular weight is 479 g/mol. The summed E-state index contributed by atoms with van der Waals surface area (Å²) in [6, 6.07) is 11.4. The summed E-state index contributed by atoms with van der Waals surface area (Å²) in [5.41, 5.74) is 4.45. The third-order valence-corrected chi connectivity index (χ3v) is 7.03. The number of piperidine rings is 1. The van der Waals surface area contributed by atoms with Gasteiger partial charge in [-0.25, -0.2) is 4.79 Å². The molecule has 0 bridgehead atoms. The summed E-state index contributed by atoms with van der Waals surface area (Å²) in [7, 11) is 0. The van der Waals surface area contributed by atoms with Crippen LogP contribution < -0.4 is 5.32 Å². The number of aliphatic carboxylic acids is 1. The third-order valence-electron chi connectivity index (χ3n) is 7.03. The molecule has 6 nitrogen and oxygen atoms in total. The van der Waals surface area contributed by atoms with Crippen LogP contribution in [0.2, 0.25) is 0 Å². The van der Waals surface area contributed by atoms with Gasteiger partial charge in [-0.3, -0.25) is 9.69 Å². The van der Waals surface area contributed by atoms with Crippen molar-refractivity contribution in [2.45, 2.75) is 68.6 Å². The van der Waals surface area contributed by atoms with E-state index in [0.717, 1.165) is 38.9 Å². The molecule has 2 N–H and O–H groups in total. The molecule has 0 radical (unpaired) electrons. The molecule has 1 aromatic heterocycles. The monoisotopic (exact) mass is 478 g/mol. The Kier molecular flexibility index (Phi) is 7.02. The van der Waals surface area contributed by atoms with Crippen molar-refractivity contribution in [2.75, 3.05) is 13.1 Å². The lowest BCUT2D eigenvalue weighted by Crippen LogP contribution is -2.41. The van der Waals surface area contributed by atoms with Crippen molar-refractivity contribution >= 4 is 11.9 Å². The smallest absolute Gasteiger partial charge is 0.475 e. The van der Waals surface area contributed by atoms with Crippen LogP contribution in [0.5, 0.6) is 0 Å². The van der Waals surface area contributed by atoms with E-state index in [1.165, 1.54) is 29.5 Å². The highest BCUT2D eigenvalue weighted by molar-refractivity contribution is 5.78.